The molecule has 1 aromatic rings. The predicted octanol–water partition coefficient (Wildman–Crippen LogP) is 1.53. The molecule has 1 spiro atoms. The van der Waals surface area contributed by atoms with Crippen LogP contribution in [0.25, 0.3) is 0 Å². The van der Waals surface area contributed by atoms with Gasteiger partial charge in [-0.3, -0.25) is 4.68 Å². The average molecular weight is 234 g/mol. The van der Waals surface area contributed by atoms with Gasteiger partial charge < -0.3 is 10.2 Å². The van der Waals surface area contributed by atoms with Gasteiger partial charge in [-0.25, -0.2) is 0 Å². The number of nitrogens with zero attached hydrogens (tertiary/aromatic N) is 3. The molecule has 1 aliphatic heterocycles. The number of rotatable bonds is 1. The number of hydrogen-bond donors (Lipinski definition) is 1. The number of piperazine rings is 1. The molecule has 4 nitrogen and oxygen atoms in total. The van der Waals surface area contributed by atoms with E-state index < -0.39 is 0 Å². The lowest BCUT2D eigenvalue weighted by Gasteiger charge is -2.46. The third-order valence-corrected chi connectivity index (χ3v) is 4.24. The summed E-state index contributed by atoms with van der Waals surface area (Å²) in [6, 6.07) is 0. The van der Waals surface area contributed by atoms with Crippen molar-refractivity contribution in [1.82, 2.24) is 15.1 Å². The van der Waals surface area contributed by atoms with E-state index >= 15 is 0 Å². The standard InChI is InChI=1S/C13H22N4/c1-16-10-12(9-15-16)17-8-7-14-13(11-17)5-3-2-4-6-13/h9-10,14H,2-8,11H2,1H3. The highest BCUT2D eigenvalue weighted by atomic mass is 15.3. The van der Waals surface area contributed by atoms with Crippen molar-refractivity contribution >= 4 is 5.69 Å². The summed E-state index contributed by atoms with van der Waals surface area (Å²) in [5, 5.41) is 8.05. The van der Waals surface area contributed by atoms with Crippen molar-refractivity contribution in [2.75, 3.05) is 24.5 Å². The van der Waals surface area contributed by atoms with E-state index in [0.29, 0.717) is 5.54 Å². The minimum atomic E-state index is 0.381. The second-order valence-corrected chi connectivity index (χ2v) is 5.56. The molecular formula is C13H22N4. The van der Waals surface area contributed by atoms with Gasteiger partial charge in [0.15, 0.2) is 0 Å². The zero-order valence-electron chi connectivity index (χ0n) is 10.7. The van der Waals surface area contributed by atoms with Gasteiger partial charge in [-0.05, 0) is 12.8 Å². The van der Waals surface area contributed by atoms with Crippen molar-refractivity contribution in [3.05, 3.63) is 12.4 Å². The zero-order chi connectivity index (χ0) is 11.7. The molecule has 0 unspecified atom stereocenters. The minimum Gasteiger partial charge on any atom is -0.366 e. The van der Waals surface area contributed by atoms with Crippen LogP contribution in [0.4, 0.5) is 5.69 Å². The van der Waals surface area contributed by atoms with Gasteiger partial charge in [0.1, 0.15) is 0 Å². The Morgan fingerprint density at radius 1 is 1.29 bits per heavy atom. The van der Waals surface area contributed by atoms with Crippen molar-refractivity contribution in [2.24, 2.45) is 7.05 Å². The van der Waals surface area contributed by atoms with Gasteiger partial charge in [0.05, 0.1) is 11.9 Å². The van der Waals surface area contributed by atoms with Gasteiger partial charge in [-0.2, -0.15) is 5.10 Å². The van der Waals surface area contributed by atoms with E-state index in [4.69, 9.17) is 0 Å². The van der Waals surface area contributed by atoms with E-state index in [2.05, 4.69) is 21.5 Å². The quantitative estimate of drug-likeness (QED) is 0.800. The van der Waals surface area contributed by atoms with Crippen molar-refractivity contribution in [3.63, 3.8) is 0 Å². The maximum atomic E-state index is 4.28. The Hall–Kier alpha value is -1.03. The van der Waals surface area contributed by atoms with E-state index in [1.54, 1.807) is 0 Å². The molecule has 2 fully saturated rings. The molecule has 94 valence electrons. The first kappa shape index (κ1) is 11.1. The van der Waals surface area contributed by atoms with Crippen LogP contribution < -0.4 is 10.2 Å². The lowest BCUT2D eigenvalue weighted by molar-refractivity contribution is 0.216. The third-order valence-electron chi connectivity index (χ3n) is 4.24. The fraction of sp³-hybridized carbons (Fsp3) is 0.769. The van der Waals surface area contributed by atoms with Crippen LogP contribution in [-0.4, -0.2) is 35.0 Å². The smallest absolute Gasteiger partial charge is 0.0753 e. The van der Waals surface area contributed by atoms with Crippen molar-refractivity contribution in [2.45, 2.75) is 37.6 Å². The van der Waals surface area contributed by atoms with Gasteiger partial charge in [0, 0.05) is 38.4 Å². The zero-order valence-corrected chi connectivity index (χ0v) is 10.7. The van der Waals surface area contributed by atoms with Crippen molar-refractivity contribution in [1.29, 1.82) is 0 Å². The second kappa shape index (κ2) is 4.33. The lowest BCUT2D eigenvalue weighted by Crippen LogP contribution is -2.61. The molecule has 0 bridgehead atoms. The first-order valence-electron chi connectivity index (χ1n) is 6.76. The second-order valence-electron chi connectivity index (χ2n) is 5.56. The molecule has 2 heterocycles. The van der Waals surface area contributed by atoms with E-state index in [1.165, 1.54) is 37.8 Å². The molecule has 4 heteroatoms. The van der Waals surface area contributed by atoms with E-state index in [1.807, 2.05) is 17.9 Å². The summed E-state index contributed by atoms with van der Waals surface area (Å²) in [4.78, 5) is 2.49. The Morgan fingerprint density at radius 3 is 2.82 bits per heavy atom. The van der Waals surface area contributed by atoms with E-state index in [9.17, 15) is 0 Å². The molecule has 1 saturated carbocycles. The van der Waals surface area contributed by atoms with Crippen LogP contribution >= 0.6 is 0 Å². The number of aromatic nitrogens is 2. The Kier molecular flexibility index (Phi) is 2.82. The highest BCUT2D eigenvalue weighted by molar-refractivity contribution is 5.43. The topological polar surface area (TPSA) is 33.1 Å². The normalized spacial score (nSPS) is 24.2. The monoisotopic (exact) mass is 234 g/mol. The Morgan fingerprint density at radius 2 is 2.12 bits per heavy atom. The maximum Gasteiger partial charge on any atom is 0.0753 e. The minimum absolute atomic E-state index is 0.381. The summed E-state index contributed by atoms with van der Waals surface area (Å²) < 4.78 is 1.89. The highest BCUT2D eigenvalue weighted by Gasteiger charge is 2.36. The molecule has 1 N–H and O–H groups in total. The summed E-state index contributed by atoms with van der Waals surface area (Å²) in [5.74, 6) is 0. The van der Waals surface area contributed by atoms with E-state index in [0.717, 1.165) is 19.6 Å². The largest absolute Gasteiger partial charge is 0.366 e. The van der Waals surface area contributed by atoms with Gasteiger partial charge in [-0.15, -0.1) is 0 Å². The average Bonchev–Trinajstić information content (AvgIpc) is 2.77. The van der Waals surface area contributed by atoms with Crippen LogP contribution in [0.2, 0.25) is 0 Å². The Bertz CT molecular complexity index is 373. The molecule has 1 aromatic heterocycles. The van der Waals surface area contributed by atoms with Gasteiger partial charge >= 0.3 is 0 Å². The van der Waals surface area contributed by atoms with Gasteiger partial charge in [0.2, 0.25) is 0 Å². The molecule has 0 radical (unpaired) electrons. The molecule has 0 aromatic carbocycles. The van der Waals surface area contributed by atoms with Crippen molar-refractivity contribution < 1.29 is 0 Å². The summed E-state index contributed by atoms with van der Waals surface area (Å²) in [6.07, 6.45) is 11.0. The Balaban J connectivity index is 1.74. The van der Waals surface area contributed by atoms with Crippen LogP contribution in [0.5, 0.6) is 0 Å². The maximum absolute atomic E-state index is 4.28. The van der Waals surface area contributed by atoms with Gasteiger partial charge in [0.25, 0.3) is 0 Å². The molecule has 0 atom stereocenters. The number of anilines is 1. The molecule has 2 aliphatic rings. The SMILES string of the molecule is Cn1cc(N2CCNC3(CCCCC3)C2)cn1. The van der Waals surface area contributed by atoms with Crippen LogP contribution in [-0.2, 0) is 7.05 Å². The summed E-state index contributed by atoms with van der Waals surface area (Å²) in [6.45, 7) is 3.36. The first-order valence-corrected chi connectivity index (χ1v) is 6.76. The molecule has 0 amide bonds. The van der Waals surface area contributed by atoms with E-state index in [-0.39, 0.29) is 0 Å². The fourth-order valence-corrected chi connectivity index (χ4v) is 3.31. The molecule has 1 aliphatic carbocycles. The number of hydrogen-bond acceptors (Lipinski definition) is 3. The van der Waals surface area contributed by atoms with Gasteiger partial charge in [-0.1, -0.05) is 19.3 Å². The van der Waals surface area contributed by atoms with Crippen LogP contribution in [0, 0.1) is 0 Å². The number of nitrogens with one attached hydrogen (secondary N) is 1. The Labute approximate surface area is 103 Å². The van der Waals surface area contributed by atoms with Crippen LogP contribution in [0.3, 0.4) is 0 Å². The summed E-state index contributed by atoms with van der Waals surface area (Å²) in [5.41, 5.74) is 1.66. The summed E-state index contributed by atoms with van der Waals surface area (Å²) in [7, 11) is 1.99. The number of aryl methyl sites for hydroxylation is 1. The molecule has 1 saturated heterocycles. The first-order chi connectivity index (χ1) is 8.27. The van der Waals surface area contributed by atoms with Crippen molar-refractivity contribution in [3.8, 4) is 0 Å². The molecular weight excluding hydrogens is 212 g/mol. The van der Waals surface area contributed by atoms with Crippen LogP contribution in [0.15, 0.2) is 12.4 Å². The molecule has 17 heavy (non-hydrogen) atoms. The predicted molar refractivity (Wildman–Crippen MR) is 69.2 cm³/mol. The van der Waals surface area contributed by atoms with Crippen LogP contribution in [0.1, 0.15) is 32.1 Å². The third kappa shape index (κ3) is 2.18. The lowest BCUT2D eigenvalue weighted by atomic mass is 9.80. The fourth-order valence-electron chi connectivity index (χ4n) is 3.31. The summed E-state index contributed by atoms with van der Waals surface area (Å²) >= 11 is 0. The molecule has 3 rings (SSSR count). The highest BCUT2D eigenvalue weighted by Crippen LogP contribution is 2.32.